The number of morpholine rings is 1. The van der Waals surface area contributed by atoms with E-state index < -0.39 is 15.4 Å². The van der Waals surface area contributed by atoms with E-state index in [9.17, 15) is 4.79 Å². The van der Waals surface area contributed by atoms with Gasteiger partial charge in [-0.25, -0.2) is 0 Å². The highest BCUT2D eigenvalue weighted by molar-refractivity contribution is 6.68. The molecule has 1 heterocycles. The van der Waals surface area contributed by atoms with Crippen LogP contribution in [-0.4, -0.2) is 46.1 Å². The normalized spacial score (nSPS) is 27.2. The number of amides is 1. The number of carbonyl (C=O) groups excluding carboxylic acids is 1. The lowest BCUT2D eigenvalue weighted by molar-refractivity contribution is -0.133. The van der Waals surface area contributed by atoms with Crippen LogP contribution in [0.25, 0.3) is 0 Å². The highest BCUT2D eigenvalue weighted by Crippen LogP contribution is 2.34. The van der Waals surface area contributed by atoms with Gasteiger partial charge in [0.15, 0.2) is 0 Å². The molecule has 1 amide bonds. The van der Waals surface area contributed by atoms with E-state index in [1.807, 2.05) is 39.5 Å². The minimum absolute atomic E-state index is 0.0279. The quantitative estimate of drug-likeness (QED) is 0.782. The lowest BCUT2D eigenvalue weighted by Gasteiger charge is -2.43. The minimum atomic E-state index is -1.60. The SMILES string of the molecule is C[C@@H]1CN([C@H](NC(=O)C(C)(C)C)C(Cl)(Cl)Cl)C[C@H](C)O1. The fraction of sp³-hybridized carbons (Fsp3) is 0.923. The molecule has 20 heavy (non-hydrogen) atoms. The summed E-state index contributed by atoms with van der Waals surface area (Å²) in [7, 11) is 0. The monoisotopic (exact) mass is 344 g/mol. The second-order valence-electron chi connectivity index (χ2n) is 6.38. The van der Waals surface area contributed by atoms with Crippen molar-refractivity contribution in [2.75, 3.05) is 13.1 Å². The van der Waals surface area contributed by atoms with Gasteiger partial charge in [0.25, 0.3) is 0 Å². The first kappa shape index (κ1) is 18.3. The van der Waals surface area contributed by atoms with Gasteiger partial charge in [-0.2, -0.15) is 0 Å². The molecule has 0 aromatic rings. The number of nitrogens with zero attached hydrogens (tertiary/aromatic N) is 1. The molecule has 0 aromatic carbocycles. The van der Waals surface area contributed by atoms with E-state index in [0.29, 0.717) is 13.1 Å². The Morgan fingerprint density at radius 2 is 1.65 bits per heavy atom. The smallest absolute Gasteiger partial charge is 0.226 e. The third kappa shape index (κ3) is 5.23. The van der Waals surface area contributed by atoms with E-state index in [4.69, 9.17) is 39.5 Å². The molecular formula is C13H23Cl3N2O2. The highest BCUT2D eigenvalue weighted by atomic mass is 35.6. The number of ether oxygens (including phenoxy) is 1. The van der Waals surface area contributed by atoms with E-state index in [1.54, 1.807) is 0 Å². The maximum atomic E-state index is 12.2. The maximum Gasteiger partial charge on any atom is 0.226 e. The van der Waals surface area contributed by atoms with Crippen LogP contribution >= 0.6 is 34.8 Å². The van der Waals surface area contributed by atoms with E-state index in [0.717, 1.165) is 0 Å². The highest BCUT2D eigenvalue weighted by Gasteiger charge is 2.42. The molecule has 118 valence electrons. The molecule has 7 heteroatoms. The third-order valence-electron chi connectivity index (χ3n) is 3.07. The van der Waals surface area contributed by atoms with Crippen LogP contribution in [0.3, 0.4) is 0 Å². The van der Waals surface area contributed by atoms with E-state index in [1.165, 1.54) is 0 Å². The Morgan fingerprint density at radius 1 is 1.20 bits per heavy atom. The summed E-state index contributed by atoms with van der Waals surface area (Å²) in [5.41, 5.74) is -0.544. The van der Waals surface area contributed by atoms with E-state index in [-0.39, 0.29) is 18.1 Å². The van der Waals surface area contributed by atoms with Crippen molar-refractivity contribution in [3.05, 3.63) is 0 Å². The Bertz CT molecular complexity index is 343. The number of hydrogen-bond acceptors (Lipinski definition) is 3. The van der Waals surface area contributed by atoms with Gasteiger partial charge >= 0.3 is 0 Å². The Kier molecular flexibility index (Phi) is 6.02. The first-order valence-electron chi connectivity index (χ1n) is 6.68. The van der Waals surface area contributed by atoms with Gasteiger partial charge in [0, 0.05) is 18.5 Å². The van der Waals surface area contributed by atoms with Crippen LogP contribution in [0.15, 0.2) is 0 Å². The van der Waals surface area contributed by atoms with Crippen LogP contribution in [0, 0.1) is 5.41 Å². The number of nitrogens with one attached hydrogen (secondary N) is 1. The second kappa shape index (κ2) is 6.57. The van der Waals surface area contributed by atoms with Crippen molar-refractivity contribution in [3.63, 3.8) is 0 Å². The van der Waals surface area contributed by atoms with Crippen molar-refractivity contribution in [2.24, 2.45) is 5.41 Å². The van der Waals surface area contributed by atoms with Crippen molar-refractivity contribution in [2.45, 2.75) is 56.8 Å². The molecule has 1 saturated heterocycles. The van der Waals surface area contributed by atoms with Crippen LogP contribution in [0.4, 0.5) is 0 Å². The lowest BCUT2D eigenvalue weighted by Crippen LogP contribution is -2.62. The zero-order valence-electron chi connectivity index (χ0n) is 12.5. The van der Waals surface area contributed by atoms with Crippen LogP contribution in [0.5, 0.6) is 0 Å². The van der Waals surface area contributed by atoms with Gasteiger partial charge < -0.3 is 10.1 Å². The molecule has 0 aliphatic carbocycles. The number of alkyl halides is 3. The summed E-state index contributed by atoms with van der Waals surface area (Å²) in [6, 6.07) is 0. The third-order valence-corrected chi connectivity index (χ3v) is 3.69. The number of rotatable bonds is 2. The molecule has 0 aromatic heterocycles. The number of halogens is 3. The summed E-state index contributed by atoms with van der Waals surface area (Å²) in [6.45, 7) is 10.6. The zero-order valence-corrected chi connectivity index (χ0v) is 14.8. The zero-order chi connectivity index (χ0) is 15.7. The first-order chi connectivity index (χ1) is 8.91. The summed E-state index contributed by atoms with van der Waals surface area (Å²) in [4.78, 5) is 14.1. The maximum absolute atomic E-state index is 12.2. The molecule has 0 bridgehead atoms. The molecule has 1 aliphatic heterocycles. The van der Waals surface area contributed by atoms with Crippen LogP contribution in [0.1, 0.15) is 34.6 Å². The van der Waals surface area contributed by atoms with Gasteiger partial charge in [0.1, 0.15) is 6.17 Å². The lowest BCUT2D eigenvalue weighted by atomic mass is 9.95. The van der Waals surface area contributed by atoms with Crippen molar-refractivity contribution < 1.29 is 9.53 Å². The molecule has 0 saturated carbocycles. The van der Waals surface area contributed by atoms with Crippen molar-refractivity contribution in [1.82, 2.24) is 10.2 Å². The Balaban J connectivity index is 2.88. The Morgan fingerprint density at radius 3 is 2.00 bits per heavy atom. The summed E-state index contributed by atoms with van der Waals surface area (Å²) >= 11 is 18.2. The van der Waals surface area contributed by atoms with E-state index in [2.05, 4.69) is 5.32 Å². The van der Waals surface area contributed by atoms with Crippen molar-refractivity contribution >= 4 is 40.7 Å². The molecule has 0 radical (unpaired) electrons. The molecule has 1 N–H and O–H groups in total. The molecule has 4 nitrogen and oxygen atoms in total. The fourth-order valence-corrected chi connectivity index (χ4v) is 2.73. The van der Waals surface area contributed by atoms with Crippen LogP contribution in [0.2, 0.25) is 0 Å². The van der Waals surface area contributed by atoms with Crippen molar-refractivity contribution in [1.29, 1.82) is 0 Å². The summed E-state index contributed by atoms with van der Waals surface area (Å²) in [5.74, 6) is -0.152. The predicted octanol–water partition coefficient (Wildman–Crippen LogP) is 2.95. The van der Waals surface area contributed by atoms with Crippen molar-refractivity contribution in [3.8, 4) is 0 Å². The Hall–Kier alpha value is 0.260. The summed E-state index contributed by atoms with van der Waals surface area (Å²) in [5, 5.41) is 2.84. The van der Waals surface area contributed by atoms with Gasteiger partial charge in [-0.1, -0.05) is 55.6 Å². The van der Waals surface area contributed by atoms with E-state index >= 15 is 0 Å². The van der Waals surface area contributed by atoms with Crippen LogP contribution in [-0.2, 0) is 9.53 Å². The molecule has 0 spiro atoms. The van der Waals surface area contributed by atoms with Crippen LogP contribution < -0.4 is 5.32 Å². The molecule has 1 fully saturated rings. The molecular weight excluding hydrogens is 323 g/mol. The topological polar surface area (TPSA) is 41.6 Å². The van der Waals surface area contributed by atoms with Gasteiger partial charge in [-0.15, -0.1) is 0 Å². The Labute approximate surface area is 136 Å². The fourth-order valence-electron chi connectivity index (χ4n) is 2.15. The molecule has 0 unspecified atom stereocenters. The van der Waals surface area contributed by atoms with Gasteiger partial charge in [-0.3, -0.25) is 9.69 Å². The number of carbonyl (C=O) groups is 1. The van der Waals surface area contributed by atoms with Gasteiger partial charge in [-0.05, 0) is 13.8 Å². The largest absolute Gasteiger partial charge is 0.373 e. The summed E-state index contributed by atoms with van der Waals surface area (Å²) in [6.07, 6.45) is -0.617. The average Bonchev–Trinajstić information content (AvgIpc) is 2.20. The molecule has 3 atom stereocenters. The molecule has 1 aliphatic rings. The van der Waals surface area contributed by atoms with Gasteiger partial charge in [0.2, 0.25) is 9.70 Å². The first-order valence-corrected chi connectivity index (χ1v) is 7.82. The second-order valence-corrected chi connectivity index (χ2v) is 8.75. The standard InChI is InChI=1S/C13H23Cl3N2O2/c1-8-6-18(7-9(2)20-8)10(13(14,15)16)17-11(19)12(3,4)5/h8-10H,6-7H2,1-5H3,(H,17,19)/t8-,9+,10-/m0/s1. The minimum Gasteiger partial charge on any atom is -0.373 e. The predicted molar refractivity (Wildman–Crippen MR) is 83.3 cm³/mol. The average molecular weight is 346 g/mol. The number of hydrogen-bond donors (Lipinski definition) is 1. The molecule has 1 rings (SSSR count). The summed E-state index contributed by atoms with van der Waals surface area (Å²) < 4.78 is 4.07. The van der Waals surface area contributed by atoms with Gasteiger partial charge in [0.05, 0.1) is 12.2 Å².